The molecule has 9 heteroatoms. The van der Waals surface area contributed by atoms with E-state index in [9.17, 15) is 14.4 Å². The third-order valence-corrected chi connectivity index (χ3v) is 8.33. The molecular weight excluding hydrogens is 523 g/mol. The Morgan fingerprint density at radius 1 is 1.00 bits per heavy atom. The Kier molecular flexibility index (Phi) is 6.48. The van der Waals surface area contributed by atoms with Crippen molar-refractivity contribution in [1.82, 2.24) is 4.98 Å². The normalized spacial score (nSPS) is 11.3. The van der Waals surface area contributed by atoms with Gasteiger partial charge in [0.1, 0.15) is 0 Å². The third-order valence-electron chi connectivity index (χ3n) is 5.58. The van der Waals surface area contributed by atoms with Crippen molar-refractivity contribution in [2.75, 3.05) is 16.0 Å². The van der Waals surface area contributed by atoms with Gasteiger partial charge in [0.25, 0.3) is 0 Å². The van der Waals surface area contributed by atoms with Gasteiger partial charge in [-0.15, -0.1) is 0 Å². The molecule has 0 saturated carbocycles. The number of anilines is 4. The minimum absolute atomic E-state index is 0.229. The average Bonchev–Trinajstić information content (AvgIpc) is 3.36. The quantitative estimate of drug-likeness (QED) is 0.203. The summed E-state index contributed by atoms with van der Waals surface area (Å²) in [4.78, 5) is 41.6. The fraction of sp³-hybridized carbons (Fsp3) is 0.0769. The molecule has 3 aromatic carbocycles. The second-order valence-corrected chi connectivity index (χ2v) is 10.6. The van der Waals surface area contributed by atoms with E-state index in [1.54, 1.807) is 30.5 Å². The van der Waals surface area contributed by atoms with Crippen molar-refractivity contribution in [3.63, 3.8) is 0 Å². The predicted molar refractivity (Wildman–Crippen MR) is 144 cm³/mol. The molecular formula is C26H20AsN4O3S. The minimum atomic E-state index is -0.483. The van der Waals surface area contributed by atoms with Gasteiger partial charge in [-0.05, 0) is 17.7 Å². The molecule has 0 unspecified atom stereocenters. The van der Waals surface area contributed by atoms with Gasteiger partial charge < -0.3 is 0 Å². The first-order valence-electron chi connectivity index (χ1n) is 10.8. The number of hydrogen-bond acceptors (Lipinski definition) is 7. The maximum absolute atomic E-state index is 13.0. The zero-order chi connectivity index (χ0) is 24.4. The van der Waals surface area contributed by atoms with E-state index in [2.05, 4.69) is 20.9 Å². The van der Waals surface area contributed by atoms with E-state index in [0.29, 0.717) is 32.8 Å². The number of carbonyl (C=O) groups excluding carboxylic acids is 1. The Hall–Kier alpha value is -3.74. The van der Waals surface area contributed by atoms with Gasteiger partial charge in [-0.1, -0.05) is 18.2 Å². The molecule has 2 heterocycles. The second kappa shape index (κ2) is 9.86. The van der Waals surface area contributed by atoms with Gasteiger partial charge >= 0.3 is 154 Å². The number of aromatic nitrogens is 1. The Labute approximate surface area is 211 Å². The van der Waals surface area contributed by atoms with Gasteiger partial charge in [0, 0.05) is 11.6 Å². The predicted octanol–water partition coefficient (Wildman–Crippen LogP) is 3.88. The Balaban J connectivity index is 1.29. The first kappa shape index (κ1) is 23.0. The number of nitrogens with zero attached hydrogens (tertiary/aromatic N) is 1. The summed E-state index contributed by atoms with van der Waals surface area (Å²) in [5, 5.41) is 12.3. The molecule has 1 radical (unpaired) electrons. The van der Waals surface area contributed by atoms with Crippen LogP contribution in [0.5, 0.6) is 0 Å². The molecule has 0 atom stereocenters. The monoisotopic (exact) mass is 543 g/mol. The van der Waals surface area contributed by atoms with Crippen LogP contribution in [0.4, 0.5) is 22.7 Å². The Morgan fingerprint density at radius 3 is 2.69 bits per heavy atom. The van der Waals surface area contributed by atoms with E-state index in [-0.39, 0.29) is 21.7 Å². The fourth-order valence-corrected chi connectivity index (χ4v) is 6.04. The van der Waals surface area contributed by atoms with Gasteiger partial charge in [0.05, 0.1) is 5.52 Å². The molecule has 5 aromatic rings. The van der Waals surface area contributed by atoms with E-state index in [1.807, 2.05) is 47.5 Å². The Bertz CT molecular complexity index is 1620. The topological polar surface area (TPSA) is 100 Å². The van der Waals surface area contributed by atoms with E-state index in [4.69, 9.17) is 0 Å². The zero-order valence-electron chi connectivity index (χ0n) is 18.7. The van der Waals surface area contributed by atoms with Gasteiger partial charge in [-0.25, -0.2) is 0 Å². The molecule has 2 aromatic heterocycles. The van der Waals surface area contributed by atoms with Gasteiger partial charge in [-0.3, -0.25) is 4.98 Å². The Morgan fingerprint density at radius 2 is 1.83 bits per heavy atom. The molecule has 0 aliphatic rings. The van der Waals surface area contributed by atoms with Crippen molar-refractivity contribution in [3.8, 4) is 0 Å². The molecule has 0 saturated heterocycles. The van der Waals surface area contributed by atoms with Crippen LogP contribution in [0.1, 0.15) is 15.2 Å². The first-order valence-corrected chi connectivity index (χ1v) is 14.5. The molecule has 0 bridgehead atoms. The molecule has 7 nitrogen and oxygen atoms in total. The van der Waals surface area contributed by atoms with Crippen LogP contribution in [0.3, 0.4) is 0 Å². The molecule has 5 rings (SSSR count). The number of rotatable bonds is 8. The van der Waals surface area contributed by atoms with Gasteiger partial charge in [0.15, 0.2) is 0 Å². The molecule has 0 fully saturated rings. The molecule has 1 amide bonds. The van der Waals surface area contributed by atoms with Gasteiger partial charge in [-0.2, -0.15) is 0 Å². The van der Waals surface area contributed by atoms with E-state index in [0.717, 1.165) is 22.2 Å². The number of pyridine rings is 1. The molecule has 3 N–H and O–H groups in total. The number of para-hydroxylation sites is 1. The van der Waals surface area contributed by atoms with Crippen LogP contribution >= 0.6 is 11.3 Å². The standard InChI is InChI=1S/C26H20AsN4O3S/c1-27-21-22(24(33)23(21)32)30-16-5-4-6-17(13-16)31-26(34)25-20(10-12-35-25)29-14-15-9-11-28-19-8-3-2-7-18(15)19/h2-13,29-30H,14H2,1H3,(H,31,34). The average molecular weight is 543 g/mol. The van der Waals surface area contributed by atoms with Crippen LogP contribution in [0, 0.1) is 0 Å². The molecule has 0 spiro atoms. The number of hydrogen-bond donors (Lipinski definition) is 3. The van der Waals surface area contributed by atoms with Crippen LogP contribution in [-0.4, -0.2) is 26.6 Å². The molecule has 173 valence electrons. The maximum atomic E-state index is 13.0. The number of benzene rings is 2. The number of amides is 1. The SMILES string of the molecule is C[As]c1c(Nc2cccc(NC(=O)c3sccc3NCc3ccnc4ccccc34)c2)c(=O)c1=O. The number of thiophene rings is 1. The number of fused-ring (bicyclic) bond motifs is 1. The van der Waals surface area contributed by atoms with Crippen LogP contribution in [0.15, 0.2) is 81.8 Å². The molecule has 0 aliphatic heterocycles. The summed E-state index contributed by atoms with van der Waals surface area (Å²) in [6.45, 7) is 0.559. The van der Waals surface area contributed by atoms with E-state index in [1.165, 1.54) is 11.3 Å². The number of nitrogens with one attached hydrogen (secondary N) is 3. The van der Waals surface area contributed by atoms with Crippen LogP contribution < -0.4 is 31.2 Å². The summed E-state index contributed by atoms with van der Waals surface area (Å²) in [5.41, 5.74) is 5.43. The van der Waals surface area contributed by atoms with Crippen molar-refractivity contribution >= 4 is 71.0 Å². The van der Waals surface area contributed by atoms with Crippen LogP contribution in [0.2, 0.25) is 5.71 Å². The summed E-state index contributed by atoms with van der Waals surface area (Å²) < 4.78 is 0.594. The fourth-order valence-electron chi connectivity index (χ4n) is 3.84. The van der Waals surface area contributed by atoms with Crippen LogP contribution in [-0.2, 0) is 6.54 Å². The van der Waals surface area contributed by atoms with Crippen molar-refractivity contribution < 1.29 is 4.79 Å². The van der Waals surface area contributed by atoms with Crippen molar-refractivity contribution in [1.29, 1.82) is 0 Å². The van der Waals surface area contributed by atoms with E-state index >= 15 is 0 Å². The third kappa shape index (κ3) is 4.63. The second-order valence-electron chi connectivity index (χ2n) is 7.77. The summed E-state index contributed by atoms with van der Waals surface area (Å²) in [6, 6.07) is 18.9. The zero-order valence-corrected chi connectivity index (χ0v) is 21.4. The van der Waals surface area contributed by atoms with E-state index < -0.39 is 10.9 Å². The summed E-state index contributed by atoms with van der Waals surface area (Å²) in [7, 11) is 0. The van der Waals surface area contributed by atoms with Crippen molar-refractivity contribution in [2.45, 2.75) is 12.3 Å². The molecule has 35 heavy (non-hydrogen) atoms. The summed E-state index contributed by atoms with van der Waals surface area (Å²) in [6.07, 6.45) is 1.79. The van der Waals surface area contributed by atoms with Gasteiger partial charge in [0.2, 0.25) is 0 Å². The van der Waals surface area contributed by atoms with Crippen molar-refractivity contribution in [2.24, 2.45) is 0 Å². The van der Waals surface area contributed by atoms with Crippen LogP contribution in [0.25, 0.3) is 10.9 Å². The van der Waals surface area contributed by atoms with Crippen molar-refractivity contribution in [3.05, 3.63) is 103 Å². The number of carbonyl (C=O) groups is 1. The molecule has 0 aliphatic carbocycles. The summed E-state index contributed by atoms with van der Waals surface area (Å²) >= 11 is 1.01. The summed E-state index contributed by atoms with van der Waals surface area (Å²) in [5.74, 6) is -0.229. The first-order chi connectivity index (χ1) is 17.0.